The van der Waals surface area contributed by atoms with Crippen LogP contribution in [0.3, 0.4) is 0 Å². The molecular formula is C20H24N8O8S3. The molecule has 0 aliphatic heterocycles. The minimum atomic E-state index is -4.89. The Morgan fingerprint density at radius 2 is 1.62 bits per heavy atom. The SMILES string of the molecule is C=C(N=C(N=C(N)N)Nc1cc(S(=O)(=O)O)ccc1S(=O)(=O)O)NCCNS(=O)(=O)c1ccc(C)c(C#N)c1. The maximum absolute atomic E-state index is 12.5. The second-order valence-electron chi connectivity index (χ2n) is 7.56. The van der Waals surface area contributed by atoms with Crippen LogP contribution < -0.4 is 26.8 Å². The van der Waals surface area contributed by atoms with E-state index >= 15 is 0 Å². The van der Waals surface area contributed by atoms with Crippen molar-refractivity contribution in [2.75, 3.05) is 18.4 Å². The van der Waals surface area contributed by atoms with Crippen LogP contribution in [-0.4, -0.2) is 59.4 Å². The number of guanidine groups is 2. The highest BCUT2D eigenvalue weighted by Crippen LogP contribution is 2.25. The molecule has 19 heteroatoms. The van der Waals surface area contributed by atoms with Crippen LogP contribution >= 0.6 is 0 Å². The molecule has 16 nitrogen and oxygen atoms in total. The number of anilines is 1. The van der Waals surface area contributed by atoms with Gasteiger partial charge in [0, 0.05) is 13.1 Å². The van der Waals surface area contributed by atoms with Crippen molar-refractivity contribution in [2.24, 2.45) is 21.5 Å². The van der Waals surface area contributed by atoms with Gasteiger partial charge in [-0.1, -0.05) is 12.6 Å². The van der Waals surface area contributed by atoms with E-state index in [2.05, 4.69) is 31.9 Å². The molecule has 0 saturated carbocycles. The quantitative estimate of drug-likeness (QED) is 0.0780. The lowest BCUT2D eigenvalue weighted by atomic mass is 10.1. The van der Waals surface area contributed by atoms with Gasteiger partial charge >= 0.3 is 0 Å². The lowest BCUT2D eigenvalue weighted by Gasteiger charge is -2.13. The Morgan fingerprint density at radius 1 is 0.974 bits per heavy atom. The zero-order chi connectivity index (χ0) is 29.6. The predicted octanol–water partition coefficient (Wildman–Crippen LogP) is -0.559. The van der Waals surface area contributed by atoms with Gasteiger partial charge in [-0.2, -0.15) is 32.1 Å². The van der Waals surface area contributed by atoms with Gasteiger partial charge in [0.2, 0.25) is 16.0 Å². The Bertz CT molecular complexity index is 1710. The van der Waals surface area contributed by atoms with E-state index < -0.39 is 57.7 Å². The van der Waals surface area contributed by atoms with Crippen molar-refractivity contribution in [1.82, 2.24) is 10.0 Å². The number of hydrogen-bond donors (Lipinski definition) is 7. The van der Waals surface area contributed by atoms with E-state index in [4.69, 9.17) is 16.7 Å². The Hall–Kier alpha value is -4.06. The van der Waals surface area contributed by atoms with Crippen molar-refractivity contribution < 1.29 is 34.4 Å². The molecule has 0 aromatic heterocycles. The molecule has 0 atom stereocenters. The largest absolute Gasteiger partial charge is 0.370 e. The van der Waals surface area contributed by atoms with Gasteiger partial charge < -0.3 is 22.1 Å². The second kappa shape index (κ2) is 12.2. The van der Waals surface area contributed by atoms with Gasteiger partial charge in [0.15, 0.2) is 5.96 Å². The number of aryl methyl sites for hydroxylation is 1. The molecule has 0 amide bonds. The van der Waals surface area contributed by atoms with E-state index in [1.165, 1.54) is 18.2 Å². The minimum absolute atomic E-state index is 0.0534. The normalized spacial score (nSPS) is 12.3. The molecule has 2 rings (SSSR count). The number of nitrogens with two attached hydrogens (primary N) is 2. The lowest BCUT2D eigenvalue weighted by molar-refractivity contribution is 0.479. The molecule has 2 aromatic carbocycles. The van der Waals surface area contributed by atoms with Crippen LogP contribution in [0, 0.1) is 18.3 Å². The Labute approximate surface area is 224 Å². The average molecular weight is 601 g/mol. The second-order valence-corrected chi connectivity index (χ2v) is 12.1. The summed E-state index contributed by atoms with van der Waals surface area (Å²) in [6.45, 7) is 5.05. The Kier molecular flexibility index (Phi) is 9.75. The summed E-state index contributed by atoms with van der Waals surface area (Å²) in [7, 11) is -13.6. The number of benzene rings is 2. The zero-order valence-electron chi connectivity index (χ0n) is 20.2. The molecule has 0 radical (unpaired) electrons. The van der Waals surface area contributed by atoms with Gasteiger partial charge in [-0.15, -0.1) is 0 Å². The summed E-state index contributed by atoms with van der Waals surface area (Å²) in [6, 6.07) is 8.12. The fourth-order valence-corrected chi connectivity index (χ4v) is 5.04. The van der Waals surface area contributed by atoms with E-state index in [1.54, 1.807) is 6.92 Å². The summed E-state index contributed by atoms with van der Waals surface area (Å²) in [4.78, 5) is 5.92. The molecule has 9 N–H and O–H groups in total. The number of aliphatic imine (C=N–C) groups is 2. The highest BCUT2D eigenvalue weighted by atomic mass is 32.2. The fourth-order valence-electron chi connectivity index (χ4n) is 2.85. The summed E-state index contributed by atoms with van der Waals surface area (Å²) in [5.74, 6) is -1.23. The van der Waals surface area contributed by atoms with Crippen molar-refractivity contribution in [3.8, 4) is 6.07 Å². The third kappa shape index (κ3) is 9.02. The van der Waals surface area contributed by atoms with E-state index in [0.717, 1.165) is 6.07 Å². The van der Waals surface area contributed by atoms with Crippen molar-refractivity contribution in [3.63, 3.8) is 0 Å². The van der Waals surface area contributed by atoms with Crippen molar-refractivity contribution in [3.05, 3.63) is 59.9 Å². The summed E-state index contributed by atoms with van der Waals surface area (Å²) < 4.78 is 92.4. The van der Waals surface area contributed by atoms with Crippen LogP contribution in [0.1, 0.15) is 11.1 Å². The van der Waals surface area contributed by atoms with Gasteiger partial charge in [-0.3, -0.25) is 9.11 Å². The smallest absolute Gasteiger partial charge is 0.296 e. The monoisotopic (exact) mass is 600 g/mol. The van der Waals surface area contributed by atoms with Crippen LogP contribution in [0.5, 0.6) is 0 Å². The highest BCUT2D eigenvalue weighted by Gasteiger charge is 2.21. The molecule has 0 aliphatic carbocycles. The molecule has 0 saturated heterocycles. The number of nitrogens with one attached hydrogen (secondary N) is 3. The number of hydrogen-bond acceptors (Lipinski definition) is 9. The van der Waals surface area contributed by atoms with Gasteiger partial charge in [0.05, 0.1) is 27.1 Å². The predicted molar refractivity (Wildman–Crippen MR) is 141 cm³/mol. The van der Waals surface area contributed by atoms with E-state index in [9.17, 15) is 34.4 Å². The van der Waals surface area contributed by atoms with Crippen LogP contribution in [0.25, 0.3) is 0 Å². The third-order valence-electron chi connectivity index (χ3n) is 4.64. The molecule has 2 aromatic rings. The Balaban J connectivity index is 2.21. The molecule has 210 valence electrons. The van der Waals surface area contributed by atoms with E-state index in [1.807, 2.05) is 6.07 Å². The van der Waals surface area contributed by atoms with Crippen LogP contribution in [0.2, 0.25) is 0 Å². The van der Waals surface area contributed by atoms with Gasteiger partial charge in [0.1, 0.15) is 10.7 Å². The van der Waals surface area contributed by atoms with Crippen LogP contribution in [0.15, 0.2) is 73.5 Å². The highest BCUT2D eigenvalue weighted by molar-refractivity contribution is 7.89. The summed E-state index contributed by atoms with van der Waals surface area (Å²) >= 11 is 0. The maximum Gasteiger partial charge on any atom is 0.296 e. The maximum atomic E-state index is 12.5. The van der Waals surface area contributed by atoms with Gasteiger partial charge in [0.25, 0.3) is 20.2 Å². The molecule has 0 fully saturated rings. The Morgan fingerprint density at radius 3 is 2.18 bits per heavy atom. The van der Waals surface area contributed by atoms with E-state index in [0.29, 0.717) is 17.7 Å². The zero-order valence-corrected chi connectivity index (χ0v) is 22.6. The third-order valence-corrected chi connectivity index (χ3v) is 7.86. The van der Waals surface area contributed by atoms with Crippen LogP contribution in [-0.2, 0) is 30.3 Å². The minimum Gasteiger partial charge on any atom is -0.370 e. The molecule has 0 aliphatic rings. The number of rotatable bonds is 10. The molecular weight excluding hydrogens is 576 g/mol. The topological polar surface area (TPSA) is 280 Å². The molecule has 0 spiro atoms. The van der Waals surface area contributed by atoms with Gasteiger partial charge in [-0.05, 0) is 42.8 Å². The number of sulfonamides is 1. The standard InChI is InChI=1S/C20H24N8O8S3/c1-12-3-4-15(9-14(12)11-21)37(29,30)25-8-7-24-13(2)26-20(28-19(22)23)27-17-10-16(38(31,32)33)5-6-18(17)39(34,35)36/h3-6,9-10,24-25H,2,7-8H2,1H3,(H,31,32,33)(H,34,35,36)(H5,22,23,26,27,28). The number of nitriles is 1. The molecule has 0 unspecified atom stereocenters. The molecule has 39 heavy (non-hydrogen) atoms. The summed E-state index contributed by atoms with van der Waals surface area (Å²) in [5.41, 5.74) is 11.0. The lowest BCUT2D eigenvalue weighted by Crippen LogP contribution is -2.32. The summed E-state index contributed by atoms with van der Waals surface area (Å²) in [5, 5.41) is 14.1. The average Bonchev–Trinajstić information content (AvgIpc) is 2.80. The first-order valence-corrected chi connectivity index (χ1v) is 14.8. The first kappa shape index (κ1) is 31.2. The molecule has 0 heterocycles. The van der Waals surface area contributed by atoms with E-state index in [-0.39, 0.29) is 29.4 Å². The van der Waals surface area contributed by atoms with Gasteiger partial charge in [-0.25, -0.2) is 13.1 Å². The van der Waals surface area contributed by atoms with Crippen molar-refractivity contribution >= 4 is 47.9 Å². The van der Waals surface area contributed by atoms with Crippen molar-refractivity contribution in [2.45, 2.75) is 21.6 Å². The number of nitrogens with zero attached hydrogens (tertiary/aromatic N) is 3. The molecule has 0 bridgehead atoms. The van der Waals surface area contributed by atoms with Crippen molar-refractivity contribution in [1.29, 1.82) is 5.26 Å². The first-order chi connectivity index (χ1) is 17.9. The van der Waals surface area contributed by atoms with Crippen LogP contribution in [0.4, 0.5) is 5.69 Å². The fraction of sp³-hybridized carbons (Fsp3) is 0.150. The first-order valence-electron chi connectivity index (χ1n) is 10.4. The summed E-state index contributed by atoms with van der Waals surface area (Å²) in [6.07, 6.45) is 0.